The highest BCUT2D eigenvalue weighted by Crippen LogP contribution is 2.41. The van der Waals surface area contributed by atoms with Gasteiger partial charge in [0.05, 0.1) is 18.6 Å². The van der Waals surface area contributed by atoms with E-state index in [1.165, 1.54) is 7.11 Å². The normalized spacial score (nSPS) is 16.3. The second-order valence-electron chi connectivity index (χ2n) is 4.98. The number of fused-ring (bicyclic) bond motifs is 1. The molecule has 0 saturated carbocycles. The van der Waals surface area contributed by atoms with Gasteiger partial charge in [0.25, 0.3) is 5.56 Å². The van der Waals surface area contributed by atoms with Crippen LogP contribution < -0.4 is 16.0 Å². The second kappa shape index (κ2) is 6.14. The Labute approximate surface area is 146 Å². The zero-order valence-corrected chi connectivity index (χ0v) is 14.0. The van der Waals surface area contributed by atoms with Crippen LogP contribution in [0.15, 0.2) is 40.5 Å². The molecule has 1 aliphatic rings. The monoisotopic (exact) mass is 365 g/mol. The Morgan fingerprint density at radius 2 is 2.08 bits per heavy atom. The first-order valence-corrected chi connectivity index (χ1v) is 7.59. The first-order chi connectivity index (χ1) is 11.4. The minimum Gasteiger partial charge on any atom is -0.465 e. The average molecular weight is 366 g/mol. The van der Waals surface area contributed by atoms with Crippen molar-refractivity contribution in [1.82, 2.24) is 9.97 Å². The molecule has 0 aliphatic carbocycles. The van der Waals surface area contributed by atoms with Crippen LogP contribution in [0.3, 0.4) is 0 Å². The number of H-pyrrole nitrogens is 2. The quantitative estimate of drug-likeness (QED) is 0.554. The predicted molar refractivity (Wildman–Crippen MR) is 89.4 cm³/mol. The van der Waals surface area contributed by atoms with Crippen molar-refractivity contribution in [2.24, 2.45) is 5.73 Å². The van der Waals surface area contributed by atoms with Gasteiger partial charge in [-0.1, -0.05) is 29.8 Å². The molecule has 2 heterocycles. The molecule has 0 amide bonds. The molecule has 0 radical (unpaired) electrons. The number of methoxy groups -OCH3 is 1. The third-order valence-electron chi connectivity index (χ3n) is 3.62. The third-order valence-corrected chi connectivity index (χ3v) is 4.17. The number of halogens is 1. The van der Waals surface area contributed by atoms with Crippen LogP contribution in [0.25, 0.3) is 0 Å². The Morgan fingerprint density at radius 3 is 2.75 bits per heavy atom. The molecule has 7 nitrogen and oxygen atoms in total. The Kier molecular flexibility index (Phi) is 4.16. The maximum atomic E-state index is 12.5. The number of aromatic nitrogens is 2. The van der Waals surface area contributed by atoms with Crippen molar-refractivity contribution in [3.8, 4) is 5.88 Å². The van der Waals surface area contributed by atoms with Crippen molar-refractivity contribution < 1.29 is 14.3 Å². The molecule has 1 atom stereocenters. The number of aromatic amines is 2. The molecule has 2 aromatic rings. The number of carbonyl (C=O) groups excluding carboxylic acids is 1. The van der Waals surface area contributed by atoms with Gasteiger partial charge >= 0.3 is 5.97 Å². The van der Waals surface area contributed by atoms with Crippen LogP contribution in [-0.2, 0) is 9.53 Å². The topological polar surface area (TPSA) is 110 Å². The van der Waals surface area contributed by atoms with E-state index < -0.39 is 17.4 Å². The van der Waals surface area contributed by atoms with Crippen molar-refractivity contribution in [3.05, 3.63) is 67.0 Å². The van der Waals surface area contributed by atoms with E-state index in [-0.39, 0.29) is 27.7 Å². The van der Waals surface area contributed by atoms with Crippen molar-refractivity contribution >= 4 is 29.8 Å². The van der Waals surface area contributed by atoms with Crippen LogP contribution >= 0.6 is 23.8 Å². The zero-order valence-electron chi connectivity index (χ0n) is 12.4. The first kappa shape index (κ1) is 16.3. The maximum Gasteiger partial charge on any atom is 0.340 e. The lowest BCUT2D eigenvalue weighted by Gasteiger charge is -2.27. The number of nitrogens with two attached hydrogens (primary N) is 1. The summed E-state index contributed by atoms with van der Waals surface area (Å²) in [6, 6.07) is 6.82. The van der Waals surface area contributed by atoms with E-state index in [9.17, 15) is 9.59 Å². The molecule has 9 heteroatoms. The third kappa shape index (κ3) is 2.59. The van der Waals surface area contributed by atoms with Crippen LogP contribution in [0.4, 0.5) is 0 Å². The molecule has 1 unspecified atom stereocenters. The Balaban J connectivity index is 2.37. The Hall–Kier alpha value is -2.58. The van der Waals surface area contributed by atoms with Crippen LogP contribution in [0, 0.1) is 4.77 Å². The number of esters is 1. The lowest BCUT2D eigenvalue weighted by molar-refractivity contribution is -0.136. The maximum absolute atomic E-state index is 12.5. The molecule has 0 fully saturated rings. The zero-order chi connectivity index (χ0) is 17.4. The summed E-state index contributed by atoms with van der Waals surface area (Å²) in [6.07, 6.45) is 0. The van der Waals surface area contributed by atoms with E-state index in [1.54, 1.807) is 24.3 Å². The number of nitrogens with one attached hydrogen (secondary N) is 2. The van der Waals surface area contributed by atoms with Crippen LogP contribution in [0.5, 0.6) is 5.88 Å². The summed E-state index contributed by atoms with van der Waals surface area (Å²) in [5.41, 5.74) is 6.04. The van der Waals surface area contributed by atoms with Gasteiger partial charge in [-0.25, -0.2) is 4.79 Å². The smallest absolute Gasteiger partial charge is 0.340 e. The molecule has 24 heavy (non-hydrogen) atoms. The standard InChI is InChI=1S/C15H12ClN3O4S/c1-22-14(21)9-8(6-4-2-3-5-7(6)16)10-12(20)18-15(24)19-13(10)23-11(9)17/h2-5,8H,17H2,1H3,(H2,18,19,20,24). The largest absolute Gasteiger partial charge is 0.465 e. The summed E-state index contributed by atoms with van der Waals surface area (Å²) in [5.74, 6) is -1.69. The number of carbonyl (C=O) groups is 1. The summed E-state index contributed by atoms with van der Waals surface area (Å²) >= 11 is 11.2. The molecular formula is C15H12ClN3O4S. The van der Waals surface area contributed by atoms with Gasteiger partial charge < -0.3 is 20.2 Å². The van der Waals surface area contributed by atoms with Crippen molar-refractivity contribution in [2.75, 3.05) is 7.11 Å². The van der Waals surface area contributed by atoms with Gasteiger partial charge in [-0.3, -0.25) is 9.78 Å². The molecule has 3 rings (SSSR count). The fraction of sp³-hybridized carbons (Fsp3) is 0.133. The number of hydrogen-bond acceptors (Lipinski definition) is 6. The highest BCUT2D eigenvalue weighted by molar-refractivity contribution is 7.71. The molecule has 124 valence electrons. The second-order valence-corrected chi connectivity index (χ2v) is 5.79. The van der Waals surface area contributed by atoms with E-state index >= 15 is 0 Å². The molecule has 0 bridgehead atoms. The molecule has 0 saturated heterocycles. The minimum atomic E-state index is -0.856. The summed E-state index contributed by atoms with van der Waals surface area (Å²) in [4.78, 5) is 29.9. The summed E-state index contributed by atoms with van der Waals surface area (Å²) in [5, 5.41) is 0.367. The predicted octanol–water partition coefficient (Wildman–Crippen LogP) is 1.95. The van der Waals surface area contributed by atoms with Gasteiger partial charge in [0.15, 0.2) is 4.77 Å². The van der Waals surface area contributed by atoms with Gasteiger partial charge in [0.1, 0.15) is 5.57 Å². The fourth-order valence-corrected chi connectivity index (χ4v) is 3.05. The van der Waals surface area contributed by atoms with Crippen molar-refractivity contribution in [2.45, 2.75) is 5.92 Å². The summed E-state index contributed by atoms with van der Waals surface area (Å²) in [6.45, 7) is 0. The Bertz CT molecular complexity index is 979. The molecule has 1 aromatic carbocycles. The molecule has 0 spiro atoms. The lowest BCUT2D eigenvalue weighted by Crippen LogP contribution is -2.32. The SMILES string of the molecule is COC(=O)C1=C(N)Oc2[nH]c(=S)[nH]c(=O)c2C1c1ccccc1Cl. The molecular weight excluding hydrogens is 354 g/mol. The van der Waals surface area contributed by atoms with Gasteiger partial charge in [-0.15, -0.1) is 0 Å². The molecule has 4 N–H and O–H groups in total. The number of rotatable bonds is 2. The minimum absolute atomic E-state index is 0.00545. The van der Waals surface area contributed by atoms with Gasteiger partial charge in [-0.05, 0) is 23.8 Å². The Morgan fingerprint density at radius 1 is 1.38 bits per heavy atom. The number of hydrogen-bond donors (Lipinski definition) is 3. The van der Waals surface area contributed by atoms with Crippen LogP contribution in [-0.4, -0.2) is 23.0 Å². The average Bonchev–Trinajstić information content (AvgIpc) is 2.53. The fourth-order valence-electron chi connectivity index (χ4n) is 2.62. The van der Waals surface area contributed by atoms with Crippen LogP contribution in [0.2, 0.25) is 5.02 Å². The first-order valence-electron chi connectivity index (χ1n) is 6.80. The number of benzene rings is 1. The van der Waals surface area contributed by atoms with E-state index in [2.05, 4.69) is 9.97 Å². The molecule has 1 aliphatic heterocycles. The van der Waals surface area contributed by atoms with E-state index in [1.807, 2.05) is 0 Å². The van der Waals surface area contributed by atoms with Crippen molar-refractivity contribution in [1.29, 1.82) is 0 Å². The van der Waals surface area contributed by atoms with Crippen molar-refractivity contribution in [3.63, 3.8) is 0 Å². The highest BCUT2D eigenvalue weighted by Gasteiger charge is 2.38. The highest BCUT2D eigenvalue weighted by atomic mass is 35.5. The van der Waals surface area contributed by atoms with Crippen LogP contribution in [0.1, 0.15) is 17.0 Å². The van der Waals surface area contributed by atoms with Gasteiger partial charge in [-0.2, -0.15) is 0 Å². The van der Waals surface area contributed by atoms with Gasteiger partial charge in [0.2, 0.25) is 11.8 Å². The molecule has 1 aromatic heterocycles. The van der Waals surface area contributed by atoms with E-state index in [4.69, 9.17) is 39.0 Å². The van der Waals surface area contributed by atoms with Gasteiger partial charge in [0, 0.05) is 5.02 Å². The summed E-state index contributed by atoms with van der Waals surface area (Å²) < 4.78 is 10.3. The van der Waals surface area contributed by atoms with E-state index in [0.29, 0.717) is 10.6 Å². The lowest BCUT2D eigenvalue weighted by atomic mass is 9.84. The number of ether oxygens (including phenoxy) is 2. The van der Waals surface area contributed by atoms with E-state index in [0.717, 1.165) is 0 Å². The summed E-state index contributed by atoms with van der Waals surface area (Å²) in [7, 11) is 1.21.